The summed E-state index contributed by atoms with van der Waals surface area (Å²) < 4.78 is 38.4. The van der Waals surface area contributed by atoms with Gasteiger partial charge >= 0.3 is 6.18 Å². The molecule has 3 N–H and O–H groups in total. The lowest BCUT2D eigenvalue weighted by Crippen LogP contribution is -2.61. The van der Waals surface area contributed by atoms with Crippen molar-refractivity contribution >= 4 is 28.8 Å². The van der Waals surface area contributed by atoms with Crippen molar-refractivity contribution in [3.63, 3.8) is 0 Å². The van der Waals surface area contributed by atoms with Crippen LogP contribution in [0.1, 0.15) is 18.4 Å². The first kappa shape index (κ1) is 21.0. The van der Waals surface area contributed by atoms with E-state index in [1.807, 2.05) is 48.5 Å². The molecule has 2 aliphatic heterocycles. The van der Waals surface area contributed by atoms with Crippen LogP contribution < -0.4 is 16.2 Å². The van der Waals surface area contributed by atoms with Crippen molar-refractivity contribution in [3.8, 4) is 0 Å². The number of fused-ring (bicyclic) bond motifs is 1. The molecule has 2 aromatic carbocycles. The Morgan fingerprint density at radius 3 is 2.60 bits per heavy atom. The van der Waals surface area contributed by atoms with Crippen molar-refractivity contribution in [3.05, 3.63) is 59.1 Å². The van der Waals surface area contributed by atoms with E-state index < -0.39 is 18.3 Å². The highest BCUT2D eigenvalue weighted by atomic mass is 35.5. The number of amidine groups is 1. The van der Waals surface area contributed by atoms with Crippen LogP contribution in [0.25, 0.3) is 0 Å². The highest BCUT2D eigenvalue weighted by Crippen LogP contribution is 2.38. The molecular weight excluding hydrogens is 415 g/mol. The van der Waals surface area contributed by atoms with Gasteiger partial charge in [0.05, 0.1) is 23.5 Å². The van der Waals surface area contributed by atoms with E-state index in [9.17, 15) is 13.2 Å². The second kappa shape index (κ2) is 8.45. The quantitative estimate of drug-likeness (QED) is 0.617. The van der Waals surface area contributed by atoms with Gasteiger partial charge in [0.25, 0.3) is 0 Å². The number of alkyl halides is 3. The second-order valence-corrected chi connectivity index (χ2v) is 8.12. The average Bonchev–Trinajstić information content (AvgIpc) is 2.69. The largest absolute Gasteiger partial charge is 0.401 e. The average molecular weight is 438 g/mol. The number of benzene rings is 2. The molecular formula is C21H23ClF3N5. The van der Waals surface area contributed by atoms with Crippen LogP contribution >= 0.6 is 11.6 Å². The molecule has 2 aliphatic rings. The summed E-state index contributed by atoms with van der Waals surface area (Å²) in [6.07, 6.45) is -3.16. The highest BCUT2D eigenvalue weighted by Gasteiger charge is 2.43. The lowest BCUT2D eigenvalue weighted by Gasteiger charge is -2.45. The minimum Gasteiger partial charge on any atom is -0.371 e. The van der Waals surface area contributed by atoms with Crippen molar-refractivity contribution < 1.29 is 13.2 Å². The number of hydrazine groups is 1. The Kier molecular flexibility index (Phi) is 5.90. The van der Waals surface area contributed by atoms with Gasteiger partial charge < -0.3 is 10.7 Å². The number of piperidine rings is 1. The lowest BCUT2D eigenvalue weighted by molar-refractivity contribution is -0.148. The SMILES string of the molecule is FC(F)(F)CN1CCC2(CC1)Nc1ccccc1N=C2NNCc1cccc(Cl)c1. The summed E-state index contributed by atoms with van der Waals surface area (Å²) in [4.78, 5) is 6.23. The fraction of sp³-hybridized carbons (Fsp3) is 0.381. The number of nitrogens with zero attached hydrogens (tertiary/aromatic N) is 2. The smallest absolute Gasteiger partial charge is 0.371 e. The molecule has 0 saturated carbocycles. The zero-order valence-electron chi connectivity index (χ0n) is 16.3. The van der Waals surface area contributed by atoms with Crippen LogP contribution in [-0.4, -0.2) is 42.1 Å². The van der Waals surface area contributed by atoms with Gasteiger partial charge in [0.1, 0.15) is 5.84 Å². The molecule has 0 unspecified atom stereocenters. The minimum atomic E-state index is -4.19. The number of halogens is 4. The van der Waals surface area contributed by atoms with Crippen molar-refractivity contribution in [2.24, 2.45) is 4.99 Å². The van der Waals surface area contributed by atoms with Crippen LogP contribution in [0.4, 0.5) is 24.5 Å². The van der Waals surface area contributed by atoms with Gasteiger partial charge in [-0.25, -0.2) is 10.4 Å². The molecule has 9 heteroatoms. The molecule has 0 radical (unpaired) electrons. The predicted octanol–water partition coefficient (Wildman–Crippen LogP) is 4.49. The summed E-state index contributed by atoms with van der Waals surface area (Å²) in [5, 5.41) is 4.20. The van der Waals surface area contributed by atoms with Gasteiger partial charge in [0.2, 0.25) is 0 Å². The fourth-order valence-corrected chi connectivity index (χ4v) is 4.17. The standard InChI is InChI=1S/C21H23ClF3N5/c22-16-5-3-4-15(12-16)13-26-29-19-20(28-18-7-2-1-6-17(18)27-19)8-10-30(11-9-20)14-21(23,24)25/h1-7,12,26,28H,8-11,13-14H2,(H,27,29). The summed E-state index contributed by atoms with van der Waals surface area (Å²) in [5.41, 5.74) is 8.54. The zero-order chi connectivity index (χ0) is 21.2. The van der Waals surface area contributed by atoms with E-state index in [1.54, 1.807) is 0 Å². The summed E-state index contributed by atoms with van der Waals surface area (Å²) in [6, 6.07) is 15.2. The molecule has 1 fully saturated rings. The Labute approximate surface area is 178 Å². The summed E-state index contributed by atoms with van der Waals surface area (Å²) in [7, 11) is 0. The predicted molar refractivity (Wildman–Crippen MR) is 113 cm³/mol. The third-order valence-electron chi connectivity index (χ3n) is 5.46. The molecule has 1 spiro atoms. The Hall–Kier alpha value is -2.29. The molecule has 0 bridgehead atoms. The van der Waals surface area contributed by atoms with Crippen molar-refractivity contribution in [1.29, 1.82) is 0 Å². The van der Waals surface area contributed by atoms with Crippen LogP contribution in [0.15, 0.2) is 53.5 Å². The van der Waals surface area contributed by atoms with Gasteiger partial charge in [-0.05, 0) is 42.7 Å². The van der Waals surface area contributed by atoms with Gasteiger partial charge in [0.15, 0.2) is 0 Å². The van der Waals surface area contributed by atoms with Crippen LogP contribution in [0.3, 0.4) is 0 Å². The molecule has 4 rings (SSSR count). The maximum atomic E-state index is 12.8. The van der Waals surface area contributed by atoms with Crippen LogP contribution in [-0.2, 0) is 6.54 Å². The van der Waals surface area contributed by atoms with Gasteiger partial charge in [0, 0.05) is 24.7 Å². The van der Waals surface area contributed by atoms with Crippen LogP contribution in [0.5, 0.6) is 0 Å². The number of hydrogen-bond donors (Lipinski definition) is 3. The number of nitrogens with one attached hydrogen (secondary N) is 3. The van der Waals surface area contributed by atoms with E-state index in [-0.39, 0.29) is 0 Å². The molecule has 0 atom stereocenters. The molecule has 0 amide bonds. The Bertz CT molecular complexity index is 923. The van der Waals surface area contributed by atoms with E-state index in [2.05, 4.69) is 16.2 Å². The van der Waals surface area contributed by atoms with E-state index in [0.29, 0.717) is 43.3 Å². The molecule has 160 valence electrons. The normalized spacial score (nSPS) is 18.5. The van der Waals surface area contributed by atoms with Crippen LogP contribution in [0.2, 0.25) is 5.02 Å². The molecule has 1 saturated heterocycles. The van der Waals surface area contributed by atoms with Crippen LogP contribution in [0, 0.1) is 0 Å². The number of rotatable bonds is 4. The third kappa shape index (κ3) is 4.88. The molecule has 0 aliphatic carbocycles. The van der Waals surface area contributed by atoms with Crippen molar-refractivity contribution in [2.75, 3.05) is 25.0 Å². The number of anilines is 1. The number of aliphatic imine (C=N–C) groups is 1. The second-order valence-electron chi connectivity index (χ2n) is 7.68. The van der Waals surface area contributed by atoms with E-state index in [1.165, 1.54) is 4.90 Å². The first-order valence-electron chi connectivity index (χ1n) is 9.82. The highest BCUT2D eigenvalue weighted by molar-refractivity contribution is 6.30. The Balaban J connectivity index is 1.49. The monoisotopic (exact) mass is 437 g/mol. The maximum Gasteiger partial charge on any atom is 0.401 e. The molecule has 30 heavy (non-hydrogen) atoms. The number of hydrogen-bond acceptors (Lipinski definition) is 5. The Morgan fingerprint density at radius 1 is 1.10 bits per heavy atom. The first-order chi connectivity index (χ1) is 14.3. The van der Waals surface area contributed by atoms with Gasteiger partial charge in [-0.2, -0.15) is 13.2 Å². The Morgan fingerprint density at radius 2 is 1.87 bits per heavy atom. The fourth-order valence-electron chi connectivity index (χ4n) is 3.95. The van der Waals surface area contributed by atoms with E-state index in [0.717, 1.165) is 16.9 Å². The third-order valence-corrected chi connectivity index (χ3v) is 5.70. The summed E-state index contributed by atoms with van der Waals surface area (Å²) in [6.45, 7) is 0.317. The lowest BCUT2D eigenvalue weighted by atomic mass is 9.84. The number of likely N-dealkylation sites (tertiary alicyclic amines) is 1. The van der Waals surface area contributed by atoms with Crippen molar-refractivity contribution in [1.82, 2.24) is 15.8 Å². The maximum absolute atomic E-state index is 12.8. The van der Waals surface area contributed by atoms with Gasteiger partial charge in [-0.1, -0.05) is 35.9 Å². The van der Waals surface area contributed by atoms with Gasteiger partial charge in [-0.3, -0.25) is 4.90 Å². The summed E-state index contributed by atoms with van der Waals surface area (Å²) in [5.74, 6) is 0.690. The van der Waals surface area contributed by atoms with E-state index >= 15 is 0 Å². The van der Waals surface area contributed by atoms with Gasteiger partial charge in [-0.15, -0.1) is 0 Å². The molecule has 5 nitrogen and oxygen atoms in total. The summed E-state index contributed by atoms with van der Waals surface area (Å²) >= 11 is 6.04. The molecule has 2 aromatic rings. The molecule has 2 heterocycles. The first-order valence-corrected chi connectivity index (χ1v) is 10.2. The topological polar surface area (TPSA) is 51.7 Å². The zero-order valence-corrected chi connectivity index (χ0v) is 17.0. The molecule has 0 aromatic heterocycles. The number of para-hydroxylation sites is 2. The minimum absolute atomic E-state index is 0.337. The van der Waals surface area contributed by atoms with E-state index in [4.69, 9.17) is 16.6 Å². The van der Waals surface area contributed by atoms with Crippen molar-refractivity contribution in [2.45, 2.75) is 31.1 Å².